The fraction of sp³-hybridized carbons (Fsp3) is 0.250. The van der Waals surface area contributed by atoms with Crippen molar-refractivity contribution in [1.82, 2.24) is 4.72 Å². The van der Waals surface area contributed by atoms with Crippen LogP contribution in [0.3, 0.4) is 0 Å². The molecule has 1 unspecified atom stereocenters. The molecule has 3 nitrogen and oxygen atoms in total. The van der Waals surface area contributed by atoms with Crippen LogP contribution in [0.5, 0.6) is 0 Å². The van der Waals surface area contributed by atoms with E-state index in [1.54, 1.807) is 0 Å². The van der Waals surface area contributed by atoms with E-state index in [2.05, 4.69) is 4.72 Å². The second-order valence-electron chi connectivity index (χ2n) is 3.19. The Morgan fingerprint density at radius 1 is 1.58 bits per heavy atom. The molecule has 1 heterocycles. The van der Waals surface area contributed by atoms with Gasteiger partial charge in [-0.25, -0.2) is 0 Å². The topological polar surface area (TPSA) is 64.1 Å². The first-order valence-electron chi connectivity index (χ1n) is 3.72. The summed E-state index contributed by atoms with van der Waals surface area (Å²) in [6, 6.07) is 0. The molecular formula is C8H11N3S. The highest BCUT2D eigenvalue weighted by atomic mass is 32.2. The highest BCUT2D eigenvalue weighted by Crippen LogP contribution is 2.32. The molecule has 0 bridgehead atoms. The van der Waals surface area contributed by atoms with Gasteiger partial charge < -0.3 is 16.2 Å². The molecule has 1 atom stereocenters. The van der Waals surface area contributed by atoms with Crippen LogP contribution < -0.4 is 16.2 Å². The molecule has 0 spiro atoms. The van der Waals surface area contributed by atoms with Gasteiger partial charge in [-0.3, -0.25) is 0 Å². The Hall–Kier alpha value is -0.870. The third kappa shape index (κ3) is 0.956. The van der Waals surface area contributed by atoms with Crippen molar-refractivity contribution in [1.29, 1.82) is 0 Å². The van der Waals surface area contributed by atoms with Crippen LogP contribution in [0.25, 0.3) is 0 Å². The Labute approximate surface area is 75.7 Å². The third-order valence-electron chi connectivity index (χ3n) is 2.07. The molecule has 0 aromatic heterocycles. The van der Waals surface area contributed by atoms with Crippen LogP contribution in [0, 0.1) is 0 Å². The predicted molar refractivity (Wildman–Crippen MR) is 51.8 cm³/mol. The molecule has 4 heteroatoms. The molecule has 0 fully saturated rings. The zero-order chi connectivity index (χ0) is 8.77. The summed E-state index contributed by atoms with van der Waals surface area (Å²) in [6.45, 7) is 1.90. The first-order valence-corrected chi connectivity index (χ1v) is 4.60. The largest absolute Gasteiger partial charge is 0.399 e. The maximum absolute atomic E-state index is 5.94. The highest BCUT2D eigenvalue weighted by molar-refractivity contribution is 8.00. The Morgan fingerprint density at radius 2 is 2.33 bits per heavy atom. The van der Waals surface area contributed by atoms with E-state index in [0.29, 0.717) is 5.70 Å². The van der Waals surface area contributed by atoms with E-state index in [-0.39, 0.29) is 0 Å². The molecule has 0 aromatic rings. The van der Waals surface area contributed by atoms with Crippen LogP contribution in [-0.4, -0.2) is 5.54 Å². The van der Waals surface area contributed by atoms with Crippen molar-refractivity contribution in [3.05, 3.63) is 34.5 Å². The van der Waals surface area contributed by atoms with Gasteiger partial charge in [-0.05, 0) is 42.0 Å². The molecule has 64 valence electrons. The average Bonchev–Trinajstić information content (AvgIpc) is 2.24. The fourth-order valence-electron chi connectivity index (χ4n) is 1.34. The number of allylic oxidation sites excluding steroid dienone is 1. The van der Waals surface area contributed by atoms with Crippen LogP contribution >= 0.6 is 11.9 Å². The number of fused-ring (bicyclic) bond motifs is 1. The molecule has 12 heavy (non-hydrogen) atoms. The van der Waals surface area contributed by atoms with Crippen LogP contribution in [0.1, 0.15) is 6.92 Å². The zero-order valence-corrected chi connectivity index (χ0v) is 7.61. The van der Waals surface area contributed by atoms with Gasteiger partial charge in [-0.1, -0.05) is 0 Å². The Morgan fingerprint density at radius 3 is 3.00 bits per heavy atom. The van der Waals surface area contributed by atoms with E-state index in [4.69, 9.17) is 11.5 Å². The minimum absolute atomic E-state index is 0.493. The number of nitrogens with two attached hydrogens (primary N) is 2. The highest BCUT2D eigenvalue weighted by Gasteiger charge is 2.31. The van der Waals surface area contributed by atoms with Crippen molar-refractivity contribution in [3.8, 4) is 0 Å². The lowest BCUT2D eigenvalue weighted by Crippen LogP contribution is -2.38. The normalized spacial score (nSPS) is 33.0. The van der Waals surface area contributed by atoms with Gasteiger partial charge in [0.05, 0.1) is 16.9 Å². The molecule has 1 aliphatic carbocycles. The summed E-state index contributed by atoms with van der Waals surface area (Å²) in [5.74, 6) is 0. The van der Waals surface area contributed by atoms with Crippen LogP contribution in [0.2, 0.25) is 0 Å². The number of hydrogen-bond donors (Lipinski definition) is 3. The van der Waals surface area contributed by atoms with Crippen molar-refractivity contribution in [2.75, 3.05) is 0 Å². The van der Waals surface area contributed by atoms with Crippen LogP contribution in [-0.2, 0) is 0 Å². The summed E-state index contributed by atoms with van der Waals surface area (Å²) in [5.41, 5.74) is 14.1. The average molecular weight is 181 g/mol. The van der Waals surface area contributed by atoms with E-state index in [0.717, 1.165) is 11.3 Å². The molecule has 5 N–H and O–H groups in total. The summed E-state index contributed by atoms with van der Waals surface area (Å²) in [6.07, 6.45) is 3.99. The maximum atomic E-state index is 5.94. The lowest BCUT2D eigenvalue weighted by atomic mass is 10.0. The summed E-state index contributed by atoms with van der Waals surface area (Å²) < 4.78 is 3.12. The van der Waals surface area contributed by atoms with E-state index in [1.165, 1.54) is 11.9 Å². The Balaban J connectivity index is 2.51. The molecule has 0 amide bonds. The number of rotatable bonds is 0. The van der Waals surface area contributed by atoms with Gasteiger partial charge in [0.1, 0.15) is 0 Å². The van der Waals surface area contributed by atoms with E-state index in [1.807, 2.05) is 24.5 Å². The Kier molecular flexibility index (Phi) is 1.49. The third-order valence-corrected chi connectivity index (χ3v) is 2.66. The lowest BCUT2D eigenvalue weighted by Gasteiger charge is -2.17. The summed E-state index contributed by atoms with van der Waals surface area (Å²) in [5, 5.41) is 1.98. The van der Waals surface area contributed by atoms with Gasteiger partial charge in [0, 0.05) is 0 Å². The van der Waals surface area contributed by atoms with Crippen LogP contribution in [0.4, 0.5) is 0 Å². The Bertz CT molecular complexity index is 312. The smallest absolute Gasteiger partial charge is 0.0744 e. The second-order valence-corrected chi connectivity index (χ2v) is 3.91. The molecular weight excluding hydrogens is 170 g/mol. The van der Waals surface area contributed by atoms with E-state index < -0.39 is 5.54 Å². The van der Waals surface area contributed by atoms with Gasteiger partial charge in [0.2, 0.25) is 0 Å². The summed E-state index contributed by atoms with van der Waals surface area (Å²) in [7, 11) is 0. The van der Waals surface area contributed by atoms with E-state index >= 15 is 0 Å². The first kappa shape index (κ1) is 7.76. The minimum atomic E-state index is -0.493. The van der Waals surface area contributed by atoms with Crippen molar-refractivity contribution in [2.24, 2.45) is 11.5 Å². The molecule has 2 rings (SSSR count). The van der Waals surface area contributed by atoms with E-state index in [9.17, 15) is 0 Å². The van der Waals surface area contributed by atoms with Gasteiger partial charge >= 0.3 is 0 Å². The van der Waals surface area contributed by atoms with Gasteiger partial charge in [-0.2, -0.15) is 0 Å². The molecule has 0 aromatic carbocycles. The van der Waals surface area contributed by atoms with Crippen molar-refractivity contribution in [2.45, 2.75) is 12.5 Å². The zero-order valence-electron chi connectivity index (χ0n) is 6.79. The summed E-state index contributed by atoms with van der Waals surface area (Å²) in [4.78, 5) is 0. The fourth-order valence-corrected chi connectivity index (χ4v) is 1.97. The van der Waals surface area contributed by atoms with Crippen molar-refractivity contribution >= 4 is 11.9 Å². The molecule has 2 aliphatic rings. The van der Waals surface area contributed by atoms with Crippen molar-refractivity contribution < 1.29 is 0 Å². The number of hydrogen-bond acceptors (Lipinski definition) is 4. The lowest BCUT2D eigenvalue weighted by molar-refractivity contribution is 0.683. The molecule has 0 saturated heterocycles. The monoisotopic (exact) mass is 181 g/mol. The first-order chi connectivity index (χ1) is 5.61. The number of nitrogens with one attached hydrogen (secondary N) is 1. The molecule has 0 saturated carbocycles. The molecule has 1 aliphatic heterocycles. The minimum Gasteiger partial charge on any atom is -0.399 e. The van der Waals surface area contributed by atoms with Gasteiger partial charge in [-0.15, -0.1) is 0 Å². The van der Waals surface area contributed by atoms with Crippen LogP contribution in [0.15, 0.2) is 34.5 Å². The van der Waals surface area contributed by atoms with Crippen molar-refractivity contribution in [3.63, 3.8) is 0 Å². The quantitative estimate of drug-likeness (QED) is 0.478. The summed E-state index contributed by atoms with van der Waals surface area (Å²) >= 11 is 1.51. The standard InChI is InChI=1S/C8H11N3S/c1-8(10)4-5-2-3-12-11-6(5)7(8)9/h2-4,11H,9-10H2,1H3. The predicted octanol–water partition coefficient (Wildman–Crippen LogP) is 0.579. The second kappa shape index (κ2) is 2.31. The van der Waals surface area contributed by atoms with Gasteiger partial charge in [0.25, 0.3) is 0 Å². The maximum Gasteiger partial charge on any atom is 0.0744 e. The molecule has 0 radical (unpaired) electrons. The SMILES string of the molecule is CC1(N)C=C2C=CSNC2=C1N. The van der Waals surface area contributed by atoms with Gasteiger partial charge in [0.15, 0.2) is 0 Å².